The molecule has 1 saturated carbocycles. The summed E-state index contributed by atoms with van der Waals surface area (Å²) >= 11 is 4.71. The fourth-order valence-corrected chi connectivity index (χ4v) is 4.00. The number of anilines is 1. The number of nitrogens with zero attached hydrogens (tertiary/aromatic N) is 4. The zero-order chi connectivity index (χ0) is 18.4. The molecule has 0 aromatic heterocycles. The van der Waals surface area contributed by atoms with E-state index in [0.29, 0.717) is 5.56 Å². The quantitative estimate of drug-likeness (QED) is 0.480. The monoisotopic (exact) mass is 370 g/mol. The van der Waals surface area contributed by atoms with Crippen molar-refractivity contribution in [1.82, 2.24) is 10.3 Å². The molecule has 2 aliphatic rings. The molecule has 26 heavy (non-hydrogen) atoms. The van der Waals surface area contributed by atoms with E-state index >= 15 is 0 Å². The molecular weight excluding hydrogens is 344 g/mol. The van der Waals surface area contributed by atoms with Crippen molar-refractivity contribution in [3.63, 3.8) is 0 Å². The van der Waals surface area contributed by atoms with Crippen LogP contribution in [0.1, 0.15) is 43.2 Å². The molecule has 1 saturated heterocycles. The van der Waals surface area contributed by atoms with Crippen LogP contribution in [-0.4, -0.2) is 48.4 Å². The summed E-state index contributed by atoms with van der Waals surface area (Å²) in [4.78, 5) is 4.97. The topological polar surface area (TPSA) is 80.7 Å². The van der Waals surface area contributed by atoms with Crippen molar-refractivity contribution in [1.29, 1.82) is 5.26 Å². The van der Waals surface area contributed by atoms with Gasteiger partial charge in [0.05, 0.1) is 17.5 Å². The first-order chi connectivity index (χ1) is 12.7. The van der Waals surface area contributed by atoms with Gasteiger partial charge in [-0.15, -0.1) is 0 Å². The maximum absolute atomic E-state index is 9.56. The van der Waals surface area contributed by atoms with E-state index < -0.39 is 0 Å². The number of hydrogen-bond donors (Lipinski definition) is 2. The molecule has 2 fully saturated rings. The van der Waals surface area contributed by atoms with Gasteiger partial charge in [-0.05, 0) is 42.8 Å². The highest BCUT2D eigenvalue weighted by atomic mass is 32.1. The Labute approximate surface area is 160 Å². The maximum Gasteiger partial charge on any atom is 0.184 e. The number of benzene rings is 1. The Morgan fingerprint density at radius 1 is 1.23 bits per heavy atom. The van der Waals surface area contributed by atoms with Crippen LogP contribution in [0, 0.1) is 11.3 Å². The first-order valence-electron chi connectivity index (χ1n) is 9.29. The maximum atomic E-state index is 9.56. The largest absolute Gasteiger partial charge is 0.375 e. The molecule has 1 aromatic rings. The van der Waals surface area contributed by atoms with Gasteiger partial charge < -0.3 is 10.6 Å². The predicted molar refractivity (Wildman–Crippen MR) is 109 cm³/mol. The second-order valence-corrected chi connectivity index (χ2v) is 7.38. The van der Waals surface area contributed by atoms with Crippen molar-refractivity contribution in [3.05, 3.63) is 29.3 Å². The molecule has 0 unspecified atom stereocenters. The Kier molecular flexibility index (Phi) is 6.42. The van der Waals surface area contributed by atoms with E-state index in [1.807, 2.05) is 18.2 Å². The summed E-state index contributed by atoms with van der Waals surface area (Å²) in [5.74, 6) is 0. The second kappa shape index (κ2) is 8.97. The number of rotatable bonds is 4. The number of hydrazone groups is 1. The SMILES string of the molecule is N#Cc1cc(/C=N/NC(N)=S)ccc1N1CCN(C2CCCCC2)CC1. The average molecular weight is 371 g/mol. The lowest BCUT2D eigenvalue weighted by atomic mass is 9.94. The van der Waals surface area contributed by atoms with E-state index in [1.165, 1.54) is 32.1 Å². The standard InChI is InChI=1S/C19H26N6S/c20-13-16-12-15(14-22-23-19(21)26)6-7-18(16)25-10-8-24(9-11-25)17-4-2-1-3-5-17/h6-7,12,14,17H,1-5,8-11H2,(H3,21,23,26)/b22-14+. The normalized spacial score (nSPS) is 19.4. The number of piperazine rings is 1. The average Bonchev–Trinajstić information content (AvgIpc) is 2.68. The van der Waals surface area contributed by atoms with Crippen molar-refractivity contribution in [3.8, 4) is 6.07 Å². The molecule has 0 amide bonds. The van der Waals surface area contributed by atoms with Crippen LogP contribution < -0.4 is 16.1 Å². The molecule has 1 aromatic carbocycles. The van der Waals surface area contributed by atoms with Crippen LogP contribution in [0.5, 0.6) is 0 Å². The summed E-state index contributed by atoms with van der Waals surface area (Å²) in [7, 11) is 0. The molecule has 7 heteroatoms. The van der Waals surface area contributed by atoms with Crippen LogP contribution in [0.3, 0.4) is 0 Å². The van der Waals surface area contributed by atoms with Gasteiger partial charge in [0, 0.05) is 32.2 Å². The van der Waals surface area contributed by atoms with Crippen LogP contribution in [0.2, 0.25) is 0 Å². The highest BCUT2D eigenvalue weighted by Crippen LogP contribution is 2.26. The molecule has 1 aliphatic carbocycles. The van der Waals surface area contributed by atoms with Gasteiger partial charge in [-0.3, -0.25) is 10.3 Å². The van der Waals surface area contributed by atoms with Gasteiger partial charge in [-0.25, -0.2) is 0 Å². The fourth-order valence-electron chi connectivity index (χ4n) is 3.94. The summed E-state index contributed by atoms with van der Waals surface area (Å²) in [5.41, 5.74) is 10.4. The van der Waals surface area contributed by atoms with Crippen molar-refractivity contribution in [2.45, 2.75) is 38.1 Å². The lowest BCUT2D eigenvalue weighted by molar-refractivity contribution is 0.148. The number of nitrogens with two attached hydrogens (primary N) is 1. The van der Waals surface area contributed by atoms with E-state index in [4.69, 9.17) is 18.0 Å². The Morgan fingerprint density at radius 2 is 1.96 bits per heavy atom. The molecule has 6 nitrogen and oxygen atoms in total. The molecule has 3 N–H and O–H groups in total. The minimum absolute atomic E-state index is 0.120. The third kappa shape index (κ3) is 4.71. The smallest absolute Gasteiger partial charge is 0.184 e. The third-order valence-corrected chi connectivity index (χ3v) is 5.37. The Hall–Kier alpha value is -2.17. The molecule has 138 valence electrons. The molecule has 0 radical (unpaired) electrons. The first kappa shape index (κ1) is 18.6. The predicted octanol–water partition coefficient (Wildman–Crippen LogP) is 2.18. The molecule has 0 bridgehead atoms. The zero-order valence-electron chi connectivity index (χ0n) is 15.0. The van der Waals surface area contributed by atoms with Crippen molar-refractivity contribution in [2.24, 2.45) is 10.8 Å². The van der Waals surface area contributed by atoms with Crippen molar-refractivity contribution < 1.29 is 0 Å². The Balaban J connectivity index is 1.63. The minimum Gasteiger partial charge on any atom is -0.375 e. The zero-order valence-corrected chi connectivity index (χ0v) is 15.8. The van der Waals surface area contributed by atoms with E-state index in [1.54, 1.807) is 6.21 Å². The van der Waals surface area contributed by atoms with Gasteiger partial charge in [0.1, 0.15) is 6.07 Å². The Bertz CT molecular complexity index is 696. The first-order valence-corrected chi connectivity index (χ1v) is 9.70. The van der Waals surface area contributed by atoms with Gasteiger partial charge in [-0.1, -0.05) is 25.3 Å². The van der Waals surface area contributed by atoms with Gasteiger partial charge in [0.25, 0.3) is 0 Å². The van der Waals surface area contributed by atoms with Gasteiger partial charge >= 0.3 is 0 Å². The van der Waals surface area contributed by atoms with Crippen molar-refractivity contribution in [2.75, 3.05) is 31.1 Å². The van der Waals surface area contributed by atoms with E-state index in [0.717, 1.165) is 43.5 Å². The molecule has 3 rings (SSSR count). The highest BCUT2D eigenvalue weighted by Gasteiger charge is 2.25. The van der Waals surface area contributed by atoms with Gasteiger partial charge in [0.15, 0.2) is 5.11 Å². The van der Waals surface area contributed by atoms with Crippen LogP contribution in [0.15, 0.2) is 23.3 Å². The van der Waals surface area contributed by atoms with Crippen LogP contribution in [-0.2, 0) is 0 Å². The number of nitrogens with one attached hydrogen (secondary N) is 1. The lowest BCUT2D eigenvalue weighted by Crippen LogP contribution is -2.51. The third-order valence-electron chi connectivity index (χ3n) is 5.28. The fraction of sp³-hybridized carbons (Fsp3) is 0.526. The van der Waals surface area contributed by atoms with E-state index in [9.17, 15) is 5.26 Å². The second-order valence-electron chi connectivity index (χ2n) is 6.94. The van der Waals surface area contributed by atoms with E-state index in [-0.39, 0.29) is 5.11 Å². The molecular formula is C19H26N6S. The molecule has 1 heterocycles. The summed E-state index contributed by atoms with van der Waals surface area (Å²) < 4.78 is 0. The summed E-state index contributed by atoms with van der Waals surface area (Å²) in [6, 6.07) is 8.92. The summed E-state index contributed by atoms with van der Waals surface area (Å²) in [5, 5.41) is 13.6. The Morgan fingerprint density at radius 3 is 2.62 bits per heavy atom. The van der Waals surface area contributed by atoms with E-state index in [2.05, 4.69) is 26.4 Å². The molecule has 0 atom stereocenters. The number of hydrogen-bond acceptors (Lipinski definition) is 5. The number of nitriles is 1. The van der Waals surface area contributed by atoms with Crippen LogP contribution in [0.25, 0.3) is 0 Å². The summed E-state index contributed by atoms with van der Waals surface area (Å²) in [6.07, 6.45) is 8.44. The van der Waals surface area contributed by atoms with Crippen molar-refractivity contribution >= 4 is 29.2 Å². The minimum atomic E-state index is 0.120. The highest BCUT2D eigenvalue weighted by molar-refractivity contribution is 7.80. The number of thiocarbonyl (C=S) groups is 1. The van der Waals surface area contributed by atoms with Crippen LogP contribution >= 0.6 is 12.2 Å². The summed E-state index contributed by atoms with van der Waals surface area (Å²) in [6.45, 7) is 4.11. The molecule has 1 aliphatic heterocycles. The lowest BCUT2D eigenvalue weighted by Gasteiger charge is -2.41. The van der Waals surface area contributed by atoms with Gasteiger partial charge in [0.2, 0.25) is 0 Å². The molecule has 0 spiro atoms. The van der Waals surface area contributed by atoms with Crippen LogP contribution in [0.4, 0.5) is 5.69 Å². The van der Waals surface area contributed by atoms with Gasteiger partial charge in [-0.2, -0.15) is 10.4 Å².